The molecule has 0 aromatic carbocycles. The number of aryl methyl sites for hydroxylation is 2. The van der Waals surface area contributed by atoms with E-state index in [1.807, 2.05) is 6.07 Å². The van der Waals surface area contributed by atoms with Crippen LogP contribution in [0.2, 0.25) is 0 Å². The van der Waals surface area contributed by atoms with Gasteiger partial charge in [-0.05, 0) is 37.6 Å². The molecule has 2 aromatic rings. The van der Waals surface area contributed by atoms with Crippen molar-refractivity contribution in [3.05, 3.63) is 43.3 Å². The maximum atomic E-state index is 10.7. The highest BCUT2D eigenvalue weighted by Crippen LogP contribution is 2.21. The fourth-order valence-electron chi connectivity index (χ4n) is 1.63. The third kappa shape index (κ3) is 3.19. The second-order valence-electron chi connectivity index (χ2n) is 4.13. The van der Waals surface area contributed by atoms with Crippen molar-refractivity contribution in [2.24, 2.45) is 0 Å². The van der Waals surface area contributed by atoms with Crippen LogP contribution in [0.15, 0.2) is 18.2 Å². The minimum absolute atomic E-state index is 0.398. The Balaban J connectivity index is 1.86. The number of carboxylic acids is 1. The van der Waals surface area contributed by atoms with E-state index in [-0.39, 0.29) is 0 Å². The second-order valence-corrected chi connectivity index (χ2v) is 6.64. The van der Waals surface area contributed by atoms with Crippen LogP contribution in [-0.2, 0) is 13.1 Å². The third-order valence-electron chi connectivity index (χ3n) is 2.69. The minimum Gasteiger partial charge on any atom is -0.477 e. The van der Waals surface area contributed by atoms with E-state index in [0.717, 1.165) is 11.4 Å². The van der Waals surface area contributed by atoms with Gasteiger partial charge in [-0.2, -0.15) is 0 Å². The molecule has 0 fully saturated rings. The predicted octanol–water partition coefficient (Wildman–Crippen LogP) is 3.41. The molecular formula is C13H15NO2S2. The van der Waals surface area contributed by atoms with Gasteiger partial charge in [0.05, 0.1) is 0 Å². The molecular weight excluding hydrogens is 266 g/mol. The monoisotopic (exact) mass is 281 g/mol. The quantitative estimate of drug-likeness (QED) is 0.883. The SMILES string of the molecule is Cc1cc(CNCc2ccc(C(=O)O)s2)sc1C. The standard InChI is InChI=1S/C13H15NO2S2/c1-8-5-11(17-9(8)2)7-14-6-10-3-4-12(18-10)13(15)16/h3-5,14H,6-7H2,1-2H3,(H,15,16). The molecule has 2 rings (SSSR count). The van der Waals surface area contributed by atoms with Gasteiger partial charge in [0, 0.05) is 27.7 Å². The molecule has 0 saturated carbocycles. The van der Waals surface area contributed by atoms with Crippen molar-refractivity contribution in [1.29, 1.82) is 0 Å². The molecule has 3 nitrogen and oxygen atoms in total. The molecule has 2 aromatic heterocycles. The van der Waals surface area contributed by atoms with Crippen LogP contribution >= 0.6 is 22.7 Å². The molecule has 0 unspecified atom stereocenters. The summed E-state index contributed by atoms with van der Waals surface area (Å²) in [5.41, 5.74) is 1.33. The van der Waals surface area contributed by atoms with E-state index in [4.69, 9.17) is 5.11 Å². The van der Waals surface area contributed by atoms with Crippen molar-refractivity contribution in [3.63, 3.8) is 0 Å². The molecule has 2 N–H and O–H groups in total. The number of hydrogen-bond acceptors (Lipinski definition) is 4. The fourth-order valence-corrected chi connectivity index (χ4v) is 3.47. The number of hydrogen-bond donors (Lipinski definition) is 2. The maximum Gasteiger partial charge on any atom is 0.345 e. The Hall–Kier alpha value is -1.17. The van der Waals surface area contributed by atoms with Gasteiger partial charge in [0.15, 0.2) is 0 Å². The fraction of sp³-hybridized carbons (Fsp3) is 0.308. The number of thiophene rings is 2. The normalized spacial score (nSPS) is 10.8. The van der Waals surface area contributed by atoms with Crippen molar-refractivity contribution >= 4 is 28.6 Å². The van der Waals surface area contributed by atoms with Crippen LogP contribution in [-0.4, -0.2) is 11.1 Å². The van der Waals surface area contributed by atoms with Gasteiger partial charge in [-0.1, -0.05) is 0 Å². The van der Waals surface area contributed by atoms with Crippen molar-refractivity contribution < 1.29 is 9.90 Å². The smallest absolute Gasteiger partial charge is 0.345 e. The Bertz CT molecular complexity index is 538. The first-order chi connectivity index (χ1) is 8.56. The predicted molar refractivity (Wildman–Crippen MR) is 75.6 cm³/mol. The molecule has 0 radical (unpaired) electrons. The van der Waals surface area contributed by atoms with Gasteiger partial charge in [-0.25, -0.2) is 4.79 Å². The van der Waals surface area contributed by atoms with Gasteiger partial charge >= 0.3 is 5.97 Å². The first kappa shape index (κ1) is 13.3. The third-order valence-corrected chi connectivity index (χ3v) is 4.91. The van der Waals surface area contributed by atoms with Crippen LogP contribution in [0.5, 0.6) is 0 Å². The molecule has 96 valence electrons. The van der Waals surface area contributed by atoms with Crippen LogP contribution in [0, 0.1) is 13.8 Å². The summed E-state index contributed by atoms with van der Waals surface area (Å²) >= 11 is 3.13. The Morgan fingerprint density at radius 1 is 1.22 bits per heavy atom. The Kier molecular flexibility index (Phi) is 4.16. The molecule has 0 amide bonds. The first-order valence-electron chi connectivity index (χ1n) is 5.65. The van der Waals surface area contributed by atoms with E-state index in [9.17, 15) is 4.79 Å². The number of aromatic carboxylic acids is 1. The summed E-state index contributed by atoms with van der Waals surface area (Å²) in [7, 11) is 0. The van der Waals surface area contributed by atoms with Gasteiger partial charge in [0.2, 0.25) is 0 Å². The maximum absolute atomic E-state index is 10.7. The topological polar surface area (TPSA) is 49.3 Å². The summed E-state index contributed by atoms with van der Waals surface area (Å²) < 4.78 is 0. The lowest BCUT2D eigenvalue weighted by Crippen LogP contribution is -2.10. The summed E-state index contributed by atoms with van der Waals surface area (Å²) in [4.78, 5) is 14.9. The molecule has 18 heavy (non-hydrogen) atoms. The van der Waals surface area contributed by atoms with Crippen molar-refractivity contribution in [1.82, 2.24) is 5.32 Å². The molecule has 0 aliphatic heterocycles. The second kappa shape index (κ2) is 5.65. The lowest BCUT2D eigenvalue weighted by molar-refractivity contribution is 0.0702. The van der Waals surface area contributed by atoms with E-state index in [0.29, 0.717) is 11.4 Å². The summed E-state index contributed by atoms with van der Waals surface area (Å²) in [5.74, 6) is -0.851. The summed E-state index contributed by atoms with van der Waals surface area (Å²) in [6.07, 6.45) is 0. The van der Waals surface area contributed by atoms with Crippen LogP contribution in [0.4, 0.5) is 0 Å². The van der Waals surface area contributed by atoms with Crippen LogP contribution < -0.4 is 5.32 Å². The number of carbonyl (C=O) groups is 1. The Morgan fingerprint density at radius 2 is 1.94 bits per heavy atom. The Labute approximate surface area is 114 Å². The van der Waals surface area contributed by atoms with Gasteiger partial charge in [-0.3, -0.25) is 0 Å². The van der Waals surface area contributed by atoms with E-state index >= 15 is 0 Å². The van der Waals surface area contributed by atoms with Gasteiger partial charge < -0.3 is 10.4 Å². The number of carboxylic acid groups (broad SMARTS) is 1. The molecule has 5 heteroatoms. The summed E-state index contributed by atoms with van der Waals surface area (Å²) in [6.45, 7) is 5.79. The van der Waals surface area contributed by atoms with Gasteiger partial charge in [-0.15, -0.1) is 22.7 Å². The molecule has 0 bridgehead atoms. The minimum atomic E-state index is -0.851. The lowest BCUT2D eigenvalue weighted by atomic mass is 10.3. The summed E-state index contributed by atoms with van der Waals surface area (Å²) in [6, 6.07) is 5.72. The zero-order valence-corrected chi connectivity index (χ0v) is 12.0. The zero-order valence-electron chi connectivity index (χ0n) is 10.3. The number of rotatable bonds is 5. The summed E-state index contributed by atoms with van der Waals surface area (Å²) in [5, 5.41) is 12.2. The lowest BCUT2D eigenvalue weighted by Gasteiger charge is -1.99. The van der Waals surface area contributed by atoms with E-state index < -0.39 is 5.97 Å². The first-order valence-corrected chi connectivity index (χ1v) is 7.28. The highest BCUT2D eigenvalue weighted by molar-refractivity contribution is 7.13. The van der Waals surface area contributed by atoms with Crippen LogP contribution in [0.25, 0.3) is 0 Å². The number of nitrogens with one attached hydrogen (secondary N) is 1. The van der Waals surface area contributed by atoms with Crippen LogP contribution in [0.1, 0.15) is 29.9 Å². The average Bonchev–Trinajstić information content (AvgIpc) is 2.88. The van der Waals surface area contributed by atoms with E-state index in [1.165, 1.54) is 26.7 Å². The van der Waals surface area contributed by atoms with Crippen molar-refractivity contribution in [3.8, 4) is 0 Å². The molecule has 2 heterocycles. The highest BCUT2D eigenvalue weighted by atomic mass is 32.1. The Morgan fingerprint density at radius 3 is 2.50 bits per heavy atom. The van der Waals surface area contributed by atoms with Gasteiger partial charge in [0.1, 0.15) is 4.88 Å². The average molecular weight is 281 g/mol. The van der Waals surface area contributed by atoms with Crippen molar-refractivity contribution in [2.75, 3.05) is 0 Å². The highest BCUT2D eigenvalue weighted by Gasteiger charge is 2.06. The molecule has 0 saturated heterocycles. The molecule has 0 atom stereocenters. The molecule has 0 aliphatic carbocycles. The largest absolute Gasteiger partial charge is 0.477 e. The zero-order chi connectivity index (χ0) is 13.1. The van der Waals surface area contributed by atoms with E-state index in [2.05, 4.69) is 25.2 Å². The molecule has 0 aliphatic rings. The van der Waals surface area contributed by atoms with Crippen LogP contribution in [0.3, 0.4) is 0 Å². The van der Waals surface area contributed by atoms with E-state index in [1.54, 1.807) is 17.4 Å². The molecule has 0 spiro atoms. The van der Waals surface area contributed by atoms with Gasteiger partial charge in [0.25, 0.3) is 0 Å². The van der Waals surface area contributed by atoms with Crippen molar-refractivity contribution in [2.45, 2.75) is 26.9 Å².